The number of hydrogen-bond acceptors (Lipinski definition) is 7. The van der Waals surface area contributed by atoms with E-state index in [1.165, 1.54) is 6.20 Å². The van der Waals surface area contributed by atoms with Crippen LogP contribution in [0.25, 0.3) is 22.6 Å². The van der Waals surface area contributed by atoms with Crippen molar-refractivity contribution in [3.8, 4) is 11.4 Å². The van der Waals surface area contributed by atoms with Gasteiger partial charge in [0, 0.05) is 23.6 Å². The van der Waals surface area contributed by atoms with Crippen LogP contribution in [0.3, 0.4) is 0 Å². The molecule has 0 unspecified atom stereocenters. The van der Waals surface area contributed by atoms with Crippen LogP contribution in [-0.2, 0) is 4.79 Å². The van der Waals surface area contributed by atoms with E-state index in [9.17, 15) is 9.90 Å². The molecule has 3 aliphatic rings. The molecule has 0 amide bonds. The van der Waals surface area contributed by atoms with E-state index in [1.54, 1.807) is 11.1 Å². The summed E-state index contributed by atoms with van der Waals surface area (Å²) in [6.07, 6.45) is 6.63. The van der Waals surface area contributed by atoms with Crippen LogP contribution in [0.4, 0.5) is 27.4 Å². The number of nitrogens with one attached hydrogen (secondary N) is 2. The summed E-state index contributed by atoms with van der Waals surface area (Å²) in [5.74, 6) is -1.87. The van der Waals surface area contributed by atoms with Crippen molar-refractivity contribution in [1.82, 2.24) is 24.9 Å². The number of carboxylic acid groups (broad SMARTS) is 1. The number of carboxylic acids is 1. The second-order valence-corrected chi connectivity index (χ2v) is 11.2. The highest BCUT2D eigenvalue weighted by molar-refractivity contribution is 6.29. The fraction of sp³-hybridized carbons (Fsp3) is 0.258. The number of aromatic amines is 1. The van der Waals surface area contributed by atoms with Crippen molar-refractivity contribution in [3.05, 3.63) is 84.0 Å². The molecule has 3 saturated carbocycles. The molecule has 0 saturated heterocycles. The van der Waals surface area contributed by atoms with Crippen molar-refractivity contribution in [2.45, 2.75) is 31.7 Å². The van der Waals surface area contributed by atoms with Gasteiger partial charge in [-0.2, -0.15) is 4.39 Å². The van der Waals surface area contributed by atoms with E-state index in [0.29, 0.717) is 28.1 Å². The van der Waals surface area contributed by atoms with Crippen molar-refractivity contribution in [2.24, 2.45) is 17.8 Å². The standard InChI is InChI=1S/C31H27ClFN7O2/c32-22-16-35-29-26(36-22)21(15-34-29)27-38-28(37-25-18-13-11-17(12-14-18)23(25)31(41)42)24(33)30(39-27)40(19-7-3-1-4-8-19)20-9-5-2-6-10-20/h1-10,15-18,23,25H,11-14H2,(H,34,35)(H,41,42)(H,37,38,39)/t17?,18?,23-,25-/m0/s1. The molecule has 2 aromatic carbocycles. The highest BCUT2D eigenvalue weighted by Crippen LogP contribution is 2.47. The summed E-state index contributed by atoms with van der Waals surface area (Å²) >= 11 is 6.18. The van der Waals surface area contributed by atoms with Crippen LogP contribution in [0.2, 0.25) is 5.15 Å². The number of para-hydroxylation sites is 2. The first-order valence-corrected chi connectivity index (χ1v) is 14.3. The summed E-state index contributed by atoms with van der Waals surface area (Å²) < 4.78 is 16.8. The third kappa shape index (κ3) is 4.61. The lowest BCUT2D eigenvalue weighted by Gasteiger charge is -2.47. The lowest BCUT2D eigenvalue weighted by molar-refractivity contribution is -0.148. The molecule has 0 spiro atoms. The highest BCUT2D eigenvalue weighted by atomic mass is 35.5. The Balaban J connectivity index is 1.43. The number of benzene rings is 2. The topological polar surface area (TPSA) is 120 Å². The van der Waals surface area contributed by atoms with E-state index < -0.39 is 23.7 Å². The summed E-state index contributed by atoms with van der Waals surface area (Å²) in [5, 5.41) is 13.6. The lowest BCUT2D eigenvalue weighted by atomic mass is 9.61. The Morgan fingerprint density at radius 2 is 1.60 bits per heavy atom. The SMILES string of the molecule is O=C(O)[C@H]1C2CCC(CC2)[C@@H]1Nc1nc(-c2c[nH]c3ncc(Cl)nc23)nc(N(c2ccccc2)c2ccccc2)c1F. The quantitative estimate of drug-likeness (QED) is 0.188. The Bertz CT molecular complexity index is 1720. The van der Waals surface area contributed by atoms with Gasteiger partial charge in [-0.15, -0.1) is 0 Å². The molecular weight excluding hydrogens is 557 g/mol. The minimum Gasteiger partial charge on any atom is -0.481 e. The van der Waals surface area contributed by atoms with Crippen LogP contribution in [-0.4, -0.2) is 42.0 Å². The van der Waals surface area contributed by atoms with E-state index in [0.717, 1.165) is 25.7 Å². The number of aliphatic carboxylic acids is 1. The normalized spacial score (nSPS) is 21.4. The molecule has 11 heteroatoms. The van der Waals surface area contributed by atoms with E-state index in [1.807, 2.05) is 60.7 Å². The molecule has 5 aromatic rings. The van der Waals surface area contributed by atoms with Crippen molar-refractivity contribution >= 4 is 51.7 Å². The van der Waals surface area contributed by atoms with Gasteiger partial charge in [0.25, 0.3) is 0 Å². The smallest absolute Gasteiger partial charge is 0.308 e. The number of aromatic nitrogens is 5. The molecule has 2 bridgehead atoms. The summed E-state index contributed by atoms with van der Waals surface area (Å²) in [6, 6.07) is 18.3. The highest BCUT2D eigenvalue weighted by Gasteiger charge is 2.47. The molecule has 3 N–H and O–H groups in total. The number of rotatable bonds is 7. The Hall–Kier alpha value is -4.57. The first-order chi connectivity index (χ1) is 20.5. The molecule has 2 atom stereocenters. The average Bonchev–Trinajstić information content (AvgIpc) is 3.43. The molecule has 8 rings (SSSR count). The zero-order chi connectivity index (χ0) is 28.8. The number of H-pyrrole nitrogens is 1. The third-order valence-electron chi connectivity index (χ3n) is 8.47. The number of carbonyl (C=O) groups is 1. The van der Waals surface area contributed by atoms with E-state index in [2.05, 4.69) is 25.3 Å². The van der Waals surface area contributed by atoms with Crippen molar-refractivity contribution in [3.63, 3.8) is 0 Å². The molecule has 3 aromatic heterocycles. The average molecular weight is 584 g/mol. The Kier molecular flexibility index (Phi) is 6.70. The van der Waals surface area contributed by atoms with Crippen LogP contribution in [0, 0.1) is 23.6 Å². The molecule has 212 valence electrons. The van der Waals surface area contributed by atoms with Gasteiger partial charge in [0.2, 0.25) is 5.82 Å². The fourth-order valence-electron chi connectivity index (χ4n) is 6.56. The Morgan fingerprint density at radius 3 is 2.24 bits per heavy atom. The van der Waals surface area contributed by atoms with Crippen molar-refractivity contribution in [1.29, 1.82) is 0 Å². The molecule has 9 nitrogen and oxygen atoms in total. The largest absolute Gasteiger partial charge is 0.481 e. The predicted molar refractivity (Wildman–Crippen MR) is 159 cm³/mol. The minimum atomic E-state index is -0.867. The van der Waals surface area contributed by atoms with Gasteiger partial charge in [-0.3, -0.25) is 9.69 Å². The van der Waals surface area contributed by atoms with Crippen LogP contribution >= 0.6 is 11.6 Å². The summed E-state index contributed by atoms with van der Waals surface area (Å²) in [7, 11) is 0. The van der Waals surface area contributed by atoms with Crippen LogP contribution in [0.15, 0.2) is 73.1 Å². The second-order valence-electron chi connectivity index (χ2n) is 10.8. The van der Waals surface area contributed by atoms with Crippen molar-refractivity contribution in [2.75, 3.05) is 10.2 Å². The van der Waals surface area contributed by atoms with Gasteiger partial charge in [0.15, 0.2) is 23.1 Å². The number of hydrogen-bond donors (Lipinski definition) is 3. The van der Waals surface area contributed by atoms with Gasteiger partial charge in [0.1, 0.15) is 10.7 Å². The van der Waals surface area contributed by atoms with E-state index in [-0.39, 0.29) is 34.4 Å². The summed E-state index contributed by atoms with van der Waals surface area (Å²) in [6.45, 7) is 0. The first-order valence-electron chi connectivity index (χ1n) is 13.9. The molecule has 0 aliphatic heterocycles. The first kappa shape index (κ1) is 26.3. The maximum atomic E-state index is 16.8. The minimum absolute atomic E-state index is 0.0112. The van der Waals surface area contributed by atoms with Gasteiger partial charge in [-0.25, -0.2) is 19.9 Å². The van der Waals surface area contributed by atoms with Crippen LogP contribution in [0.1, 0.15) is 25.7 Å². The molecular formula is C31H27ClFN7O2. The summed E-state index contributed by atoms with van der Waals surface area (Å²) in [4.78, 5) is 35.3. The predicted octanol–water partition coefficient (Wildman–Crippen LogP) is 6.98. The molecule has 3 aliphatic carbocycles. The number of halogens is 2. The lowest BCUT2D eigenvalue weighted by Crippen LogP contribution is -2.51. The number of nitrogens with zero attached hydrogens (tertiary/aromatic N) is 5. The fourth-order valence-corrected chi connectivity index (χ4v) is 6.69. The Morgan fingerprint density at radius 1 is 0.952 bits per heavy atom. The summed E-state index contributed by atoms with van der Waals surface area (Å²) in [5.41, 5.74) is 2.81. The van der Waals surface area contributed by atoms with Crippen LogP contribution in [0.5, 0.6) is 0 Å². The number of fused-ring (bicyclic) bond motifs is 4. The van der Waals surface area contributed by atoms with Gasteiger partial charge in [-0.1, -0.05) is 48.0 Å². The molecule has 0 radical (unpaired) electrons. The maximum Gasteiger partial charge on any atom is 0.308 e. The zero-order valence-electron chi connectivity index (χ0n) is 22.4. The molecule has 42 heavy (non-hydrogen) atoms. The van der Waals surface area contributed by atoms with Crippen LogP contribution < -0.4 is 10.2 Å². The van der Waals surface area contributed by atoms with Gasteiger partial charge >= 0.3 is 5.97 Å². The second kappa shape index (κ2) is 10.7. The monoisotopic (exact) mass is 583 g/mol. The molecule has 3 heterocycles. The maximum absolute atomic E-state index is 16.8. The zero-order valence-corrected chi connectivity index (χ0v) is 23.2. The van der Waals surface area contributed by atoms with Gasteiger partial charge < -0.3 is 15.4 Å². The van der Waals surface area contributed by atoms with Crippen molar-refractivity contribution < 1.29 is 14.3 Å². The van der Waals surface area contributed by atoms with Gasteiger partial charge in [-0.05, 0) is 61.8 Å². The molecule has 3 fully saturated rings. The van der Waals surface area contributed by atoms with E-state index in [4.69, 9.17) is 16.6 Å². The van der Waals surface area contributed by atoms with Gasteiger partial charge in [0.05, 0.1) is 17.7 Å². The Labute approximate surface area is 245 Å². The van der Waals surface area contributed by atoms with E-state index >= 15 is 4.39 Å². The number of anilines is 4. The third-order valence-corrected chi connectivity index (χ3v) is 8.66.